The van der Waals surface area contributed by atoms with E-state index in [1.165, 1.54) is 6.42 Å². The number of carbonyl (C=O) groups excluding carboxylic acids is 1. The number of hydrogen-bond acceptors (Lipinski definition) is 3. The second kappa shape index (κ2) is 8.69. The monoisotopic (exact) mass is 287 g/mol. The van der Waals surface area contributed by atoms with Crippen molar-refractivity contribution < 1.29 is 4.79 Å². The molecule has 0 aromatic heterocycles. The molecule has 1 aliphatic heterocycles. The minimum absolute atomic E-state index is 0.112. The first kappa shape index (κ1) is 16.6. The third-order valence-corrected chi connectivity index (χ3v) is 4.62. The normalized spacial score (nSPS) is 21.5. The Bertz CT molecular complexity index is 273. The predicted octanol–water partition coefficient (Wildman–Crippen LogP) is 2.25. The van der Waals surface area contributed by atoms with Crippen LogP contribution in [0.25, 0.3) is 0 Å². The van der Waals surface area contributed by atoms with E-state index in [2.05, 4.69) is 38.2 Å². The van der Waals surface area contributed by atoms with Gasteiger partial charge in [0.25, 0.3) is 0 Å². The summed E-state index contributed by atoms with van der Waals surface area (Å²) >= 11 is 1.93. The lowest BCUT2D eigenvalue weighted by Gasteiger charge is -2.36. The fraction of sp³-hybridized carbons (Fsp3) is 0.929. The molecular formula is C14H29N3OS. The zero-order valence-electron chi connectivity index (χ0n) is 12.8. The van der Waals surface area contributed by atoms with E-state index in [0.717, 1.165) is 37.4 Å². The number of urea groups is 1. The molecule has 0 saturated carbocycles. The Morgan fingerprint density at radius 2 is 2.26 bits per heavy atom. The number of thioether (sulfide) groups is 1. The van der Waals surface area contributed by atoms with Gasteiger partial charge in [0.05, 0.1) is 0 Å². The summed E-state index contributed by atoms with van der Waals surface area (Å²) in [6, 6.07) is 0.886. The number of carbonyl (C=O) groups is 1. The number of likely N-dealkylation sites (tertiary alicyclic amines) is 1. The van der Waals surface area contributed by atoms with Crippen LogP contribution in [0.2, 0.25) is 0 Å². The third-order valence-electron chi connectivity index (χ3n) is 3.68. The molecule has 0 aromatic carbocycles. The predicted molar refractivity (Wildman–Crippen MR) is 83.9 cm³/mol. The van der Waals surface area contributed by atoms with E-state index in [4.69, 9.17) is 0 Å². The van der Waals surface area contributed by atoms with Gasteiger partial charge in [-0.25, -0.2) is 4.79 Å². The van der Waals surface area contributed by atoms with Crippen molar-refractivity contribution in [2.45, 2.75) is 45.2 Å². The minimum Gasteiger partial charge on any atom is -0.336 e. The Balaban J connectivity index is 2.31. The standard InChI is InChI=1S/C14H29N3OS/c1-5-19-10-8-12(2)15-14(18)17-9-6-7-13(11-17)16(3)4/h12-13H,5-11H2,1-4H3,(H,15,18)/t12-,13+/m0/s1. The van der Waals surface area contributed by atoms with Crippen LogP contribution in [0.3, 0.4) is 0 Å². The van der Waals surface area contributed by atoms with E-state index in [1.54, 1.807) is 0 Å². The summed E-state index contributed by atoms with van der Waals surface area (Å²) in [6.07, 6.45) is 3.35. The van der Waals surface area contributed by atoms with Crippen molar-refractivity contribution in [1.82, 2.24) is 15.1 Å². The van der Waals surface area contributed by atoms with Gasteiger partial charge in [0.15, 0.2) is 0 Å². The molecule has 0 unspecified atom stereocenters. The first-order valence-electron chi connectivity index (χ1n) is 7.34. The van der Waals surface area contributed by atoms with Crippen molar-refractivity contribution in [3.05, 3.63) is 0 Å². The van der Waals surface area contributed by atoms with Gasteiger partial charge in [-0.1, -0.05) is 6.92 Å². The Morgan fingerprint density at radius 1 is 1.53 bits per heavy atom. The van der Waals surface area contributed by atoms with Crippen molar-refractivity contribution >= 4 is 17.8 Å². The molecular weight excluding hydrogens is 258 g/mol. The van der Waals surface area contributed by atoms with Gasteiger partial charge in [-0.3, -0.25) is 0 Å². The number of piperidine rings is 1. The summed E-state index contributed by atoms with van der Waals surface area (Å²) in [7, 11) is 4.19. The molecule has 2 amide bonds. The molecule has 0 spiro atoms. The van der Waals surface area contributed by atoms with Crippen LogP contribution >= 0.6 is 11.8 Å². The molecule has 112 valence electrons. The number of hydrogen-bond donors (Lipinski definition) is 1. The molecule has 1 N–H and O–H groups in total. The molecule has 1 rings (SSSR count). The lowest BCUT2D eigenvalue weighted by molar-refractivity contribution is 0.138. The van der Waals surface area contributed by atoms with Gasteiger partial charge in [0.1, 0.15) is 0 Å². The fourth-order valence-electron chi connectivity index (χ4n) is 2.34. The van der Waals surface area contributed by atoms with Gasteiger partial charge in [-0.15, -0.1) is 0 Å². The third kappa shape index (κ3) is 6.04. The van der Waals surface area contributed by atoms with Crippen LogP contribution in [0, 0.1) is 0 Å². The van der Waals surface area contributed by atoms with Crippen LogP contribution in [0.15, 0.2) is 0 Å². The van der Waals surface area contributed by atoms with Crippen LogP contribution in [0.5, 0.6) is 0 Å². The van der Waals surface area contributed by atoms with Gasteiger partial charge in [0, 0.05) is 25.2 Å². The first-order valence-corrected chi connectivity index (χ1v) is 8.49. The molecule has 0 aromatic rings. The molecule has 1 aliphatic rings. The van der Waals surface area contributed by atoms with Crippen molar-refractivity contribution in [3.63, 3.8) is 0 Å². The highest BCUT2D eigenvalue weighted by atomic mass is 32.2. The van der Waals surface area contributed by atoms with Gasteiger partial charge in [-0.2, -0.15) is 11.8 Å². The van der Waals surface area contributed by atoms with Gasteiger partial charge < -0.3 is 15.1 Å². The molecule has 2 atom stereocenters. The van der Waals surface area contributed by atoms with Gasteiger partial charge >= 0.3 is 6.03 Å². The molecule has 1 fully saturated rings. The van der Waals surface area contributed by atoms with E-state index in [9.17, 15) is 4.79 Å². The van der Waals surface area contributed by atoms with Gasteiger partial charge in [0.2, 0.25) is 0 Å². The van der Waals surface area contributed by atoms with Crippen LogP contribution < -0.4 is 5.32 Å². The maximum Gasteiger partial charge on any atom is 0.317 e. The highest BCUT2D eigenvalue weighted by Crippen LogP contribution is 2.14. The van der Waals surface area contributed by atoms with E-state index < -0.39 is 0 Å². The maximum absolute atomic E-state index is 12.2. The number of nitrogens with one attached hydrogen (secondary N) is 1. The van der Waals surface area contributed by atoms with Crippen molar-refractivity contribution in [3.8, 4) is 0 Å². The molecule has 5 heteroatoms. The minimum atomic E-state index is 0.112. The summed E-state index contributed by atoms with van der Waals surface area (Å²) in [5.74, 6) is 2.27. The van der Waals surface area contributed by atoms with Crippen LogP contribution in [-0.2, 0) is 0 Å². The summed E-state index contributed by atoms with van der Waals surface area (Å²) in [5, 5.41) is 3.12. The Hall–Kier alpha value is -0.420. The second-order valence-electron chi connectivity index (χ2n) is 5.54. The number of rotatable bonds is 6. The Labute approximate surface area is 122 Å². The highest BCUT2D eigenvalue weighted by Gasteiger charge is 2.25. The van der Waals surface area contributed by atoms with Crippen molar-refractivity contribution in [1.29, 1.82) is 0 Å². The lowest BCUT2D eigenvalue weighted by Crippen LogP contribution is -2.52. The van der Waals surface area contributed by atoms with Crippen LogP contribution in [0.1, 0.15) is 33.1 Å². The summed E-state index contributed by atoms with van der Waals surface area (Å²) in [4.78, 5) is 16.4. The van der Waals surface area contributed by atoms with Crippen molar-refractivity contribution in [2.75, 3.05) is 38.7 Å². The Kier molecular flexibility index (Phi) is 7.61. The molecule has 0 aliphatic carbocycles. The summed E-state index contributed by atoms with van der Waals surface area (Å²) in [5.41, 5.74) is 0. The molecule has 19 heavy (non-hydrogen) atoms. The van der Waals surface area contributed by atoms with Crippen LogP contribution in [0.4, 0.5) is 4.79 Å². The zero-order valence-corrected chi connectivity index (χ0v) is 13.6. The largest absolute Gasteiger partial charge is 0.336 e. The topological polar surface area (TPSA) is 35.6 Å². The van der Waals surface area contributed by atoms with E-state index in [0.29, 0.717) is 6.04 Å². The molecule has 4 nitrogen and oxygen atoms in total. The first-order chi connectivity index (χ1) is 9.04. The second-order valence-corrected chi connectivity index (χ2v) is 6.94. The Morgan fingerprint density at radius 3 is 2.89 bits per heavy atom. The fourth-order valence-corrected chi connectivity index (χ4v) is 3.15. The van der Waals surface area contributed by atoms with Crippen molar-refractivity contribution in [2.24, 2.45) is 0 Å². The SMILES string of the molecule is CCSCC[C@H](C)NC(=O)N1CCC[C@@H](N(C)C)C1. The molecule has 1 heterocycles. The number of likely N-dealkylation sites (N-methyl/N-ethyl adjacent to an activating group) is 1. The van der Waals surface area contributed by atoms with Crippen LogP contribution in [-0.4, -0.2) is 66.6 Å². The highest BCUT2D eigenvalue weighted by molar-refractivity contribution is 7.99. The zero-order chi connectivity index (χ0) is 14.3. The molecule has 0 bridgehead atoms. The summed E-state index contributed by atoms with van der Waals surface area (Å²) < 4.78 is 0. The lowest BCUT2D eigenvalue weighted by atomic mass is 10.1. The molecule has 1 saturated heterocycles. The van der Waals surface area contributed by atoms with Gasteiger partial charge in [-0.05, 0) is 51.8 Å². The number of nitrogens with zero attached hydrogens (tertiary/aromatic N) is 2. The smallest absolute Gasteiger partial charge is 0.317 e. The van der Waals surface area contributed by atoms with E-state index >= 15 is 0 Å². The summed E-state index contributed by atoms with van der Waals surface area (Å²) in [6.45, 7) is 6.02. The van der Waals surface area contributed by atoms with E-state index in [1.807, 2.05) is 16.7 Å². The van der Waals surface area contributed by atoms with E-state index in [-0.39, 0.29) is 12.1 Å². The molecule has 0 radical (unpaired) electrons. The number of amides is 2. The maximum atomic E-state index is 12.2. The average molecular weight is 287 g/mol. The average Bonchev–Trinajstić information content (AvgIpc) is 2.39. The quantitative estimate of drug-likeness (QED) is 0.761.